The van der Waals surface area contributed by atoms with Crippen LogP contribution in [0.4, 0.5) is 17.5 Å². The highest BCUT2D eigenvalue weighted by Crippen LogP contribution is 2.28. The summed E-state index contributed by atoms with van der Waals surface area (Å²) in [7, 11) is -4.03. The van der Waals surface area contributed by atoms with Gasteiger partial charge < -0.3 is 16.2 Å². The molecular formula is C25H22N6O6S. The van der Waals surface area contributed by atoms with Crippen molar-refractivity contribution < 1.29 is 23.2 Å². The van der Waals surface area contributed by atoms with Gasteiger partial charge in [0.15, 0.2) is 0 Å². The summed E-state index contributed by atoms with van der Waals surface area (Å²) in [5.41, 5.74) is 7.51. The number of nitrogens with two attached hydrogens (primary N) is 1. The average molecular weight is 535 g/mol. The number of rotatable bonds is 9. The maximum atomic E-state index is 12.7. The lowest BCUT2D eigenvalue weighted by molar-refractivity contribution is -0.384. The third-order valence-corrected chi connectivity index (χ3v) is 6.97. The molecule has 0 fully saturated rings. The normalized spacial score (nSPS) is 11.9. The quantitative estimate of drug-likeness (QED) is 0.182. The molecule has 1 amide bonds. The SMILES string of the molecule is C[C@H](Nc1nccc(NS(=O)(=O)c2ccc([N+](=O)[O-])cc2)n1)c1ccc(-c2ccc(O)c(C(N)=O)c2)cc1. The van der Waals surface area contributed by atoms with E-state index in [1.54, 1.807) is 6.07 Å². The molecule has 0 bridgehead atoms. The molecule has 3 aromatic carbocycles. The fourth-order valence-corrected chi connectivity index (χ4v) is 4.58. The molecule has 0 aliphatic carbocycles. The van der Waals surface area contributed by atoms with E-state index in [0.717, 1.165) is 35.4 Å². The molecule has 13 heteroatoms. The Bertz CT molecular complexity index is 1610. The van der Waals surface area contributed by atoms with Crippen molar-refractivity contribution in [3.05, 3.63) is 100 Å². The number of nitrogens with zero attached hydrogens (tertiary/aromatic N) is 3. The van der Waals surface area contributed by atoms with Crippen LogP contribution in [0.1, 0.15) is 28.9 Å². The number of carbonyl (C=O) groups excluding carboxylic acids is 1. The lowest BCUT2D eigenvalue weighted by atomic mass is 9.99. The summed E-state index contributed by atoms with van der Waals surface area (Å²) in [5.74, 6) is -0.722. The van der Waals surface area contributed by atoms with Crippen LogP contribution in [-0.4, -0.2) is 34.3 Å². The molecule has 0 radical (unpaired) electrons. The first-order valence-corrected chi connectivity index (χ1v) is 12.6. The van der Waals surface area contributed by atoms with Crippen molar-refractivity contribution in [1.29, 1.82) is 0 Å². The highest BCUT2D eigenvalue weighted by molar-refractivity contribution is 7.92. The van der Waals surface area contributed by atoms with Crippen LogP contribution < -0.4 is 15.8 Å². The van der Waals surface area contributed by atoms with Gasteiger partial charge in [0.1, 0.15) is 11.6 Å². The van der Waals surface area contributed by atoms with E-state index in [1.807, 2.05) is 31.2 Å². The molecule has 0 saturated heterocycles. The first-order chi connectivity index (χ1) is 18.0. The van der Waals surface area contributed by atoms with Crippen LogP contribution in [0.25, 0.3) is 11.1 Å². The second-order valence-corrected chi connectivity index (χ2v) is 9.89. The summed E-state index contributed by atoms with van der Waals surface area (Å²) >= 11 is 0. The fourth-order valence-electron chi connectivity index (χ4n) is 3.58. The van der Waals surface area contributed by atoms with E-state index in [-0.39, 0.29) is 39.7 Å². The smallest absolute Gasteiger partial charge is 0.269 e. The fraction of sp³-hybridized carbons (Fsp3) is 0.0800. The van der Waals surface area contributed by atoms with Crippen LogP contribution in [0.3, 0.4) is 0 Å². The number of carbonyl (C=O) groups is 1. The Morgan fingerprint density at radius 1 is 1.03 bits per heavy atom. The van der Waals surface area contributed by atoms with E-state index in [0.29, 0.717) is 5.56 Å². The summed E-state index contributed by atoms with van der Waals surface area (Å²) in [6.45, 7) is 1.87. The van der Waals surface area contributed by atoms with Crippen LogP contribution in [0.2, 0.25) is 0 Å². The summed E-state index contributed by atoms with van der Waals surface area (Å²) in [4.78, 5) is 29.9. The van der Waals surface area contributed by atoms with E-state index >= 15 is 0 Å². The lowest BCUT2D eigenvalue weighted by Gasteiger charge is -2.16. The second-order valence-electron chi connectivity index (χ2n) is 8.21. The second kappa shape index (κ2) is 10.5. The summed E-state index contributed by atoms with van der Waals surface area (Å²) < 4.78 is 27.7. The zero-order chi connectivity index (χ0) is 27.4. The Morgan fingerprint density at radius 3 is 2.32 bits per heavy atom. The van der Waals surface area contributed by atoms with Crippen molar-refractivity contribution >= 4 is 33.4 Å². The van der Waals surface area contributed by atoms with E-state index in [1.165, 1.54) is 24.4 Å². The van der Waals surface area contributed by atoms with Gasteiger partial charge in [0, 0.05) is 18.3 Å². The van der Waals surface area contributed by atoms with Gasteiger partial charge in [-0.05, 0) is 53.9 Å². The summed E-state index contributed by atoms with van der Waals surface area (Å²) in [6, 6.07) is 17.6. The highest BCUT2D eigenvalue weighted by atomic mass is 32.2. The predicted octanol–water partition coefficient (Wildman–Crippen LogP) is 3.83. The van der Waals surface area contributed by atoms with Gasteiger partial charge >= 0.3 is 0 Å². The van der Waals surface area contributed by atoms with Gasteiger partial charge in [-0.3, -0.25) is 19.6 Å². The van der Waals surface area contributed by atoms with Crippen molar-refractivity contribution in [3.63, 3.8) is 0 Å². The number of sulfonamides is 1. The third kappa shape index (κ3) is 5.84. The van der Waals surface area contributed by atoms with E-state index < -0.39 is 20.9 Å². The number of primary amides is 1. The molecule has 194 valence electrons. The number of aromatic hydroxyl groups is 1. The van der Waals surface area contributed by atoms with Crippen LogP contribution in [0, 0.1) is 10.1 Å². The van der Waals surface area contributed by atoms with Gasteiger partial charge in [0.05, 0.1) is 21.4 Å². The number of nitrogens with one attached hydrogen (secondary N) is 2. The van der Waals surface area contributed by atoms with Gasteiger partial charge in [-0.15, -0.1) is 0 Å². The molecule has 1 aromatic heterocycles. The van der Waals surface area contributed by atoms with Gasteiger partial charge in [0.25, 0.3) is 21.6 Å². The van der Waals surface area contributed by atoms with Gasteiger partial charge in [-0.1, -0.05) is 30.3 Å². The molecule has 1 atom stereocenters. The molecule has 1 heterocycles. The monoisotopic (exact) mass is 534 g/mol. The highest BCUT2D eigenvalue weighted by Gasteiger charge is 2.17. The lowest BCUT2D eigenvalue weighted by Crippen LogP contribution is -2.15. The van der Waals surface area contributed by atoms with Crippen molar-refractivity contribution in [1.82, 2.24) is 9.97 Å². The number of nitro groups is 1. The molecule has 0 spiro atoms. The zero-order valence-electron chi connectivity index (χ0n) is 19.9. The zero-order valence-corrected chi connectivity index (χ0v) is 20.7. The Hall–Kier alpha value is -5.04. The third-order valence-electron chi connectivity index (χ3n) is 5.60. The van der Waals surface area contributed by atoms with Crippen molar-refractivity contribution in [2.24, 2.45) is 5.73 Å². The molecular weight excluding hydrogens is 512 g/mol. The molecule has 0 aliphatic rings. The first-order valence-electron chi connectivity index (χ1n) is 11.1. The van der Waals surface area contributed by atoms with E-state index in [4.69, 9.17) is 5.73 Å². The molecule has 38 heavy (non-hydrogen) atoms. The molecule has 0 aliphatic heterocycles. The van der Waals surface area contributed by atoms with E-state index in [2.05, 4.69) is 20.0 Å². The number of hydrogen-bond donors (Lipinski definition) is 4. The van der Waals surface area contributed by atoms with Crippen LogP contribution in [-0.2, 0) is 10.0 Å². The Labute approximate surface area is 217 Å². The van der Waals surface area contributed by atoms with Gasteiger partial charge in [-0.2, -0.15) is 4.98 Å². The topological polar surface area (TPSA) is 190 Å². The molecule has 4 rings (SSSR count). The number of phenols is 1. The Morgan fingerprint density at radius 2 is 1.68 bits per heavy atom. The van der Waals surface area contributed by atoms with Crippen LogP contribution >= 0.6 is 0 Å². The Balaban J connectivity index is 1.46. The number of anilines is 2. The number of hydrogen-bond acceptors (Lipinski definition) is 9. The molecule has 0 saturated carbocycles. The van der Waals surface area contributed by atoms with Crippen LogP contribution in [0.5, 0.6) is 5.75 Å². The number of benzene rings is 3. The van der Waals surface area contributed by atoms with Crippen molar-refractivity contribution in [2.75, 3.05) is 10.0 Å². The summed E-state index contributed by atoms with van der Waals surface area (Å²) in [5, 5.41) is 23.7. The molecule has 4 aromatic rings. The molecule has 12 nitrogen and oxygen atoms in total. The molecule has 5 N–H and O–H groups in total. The predicted molar refractivity (Wildman–Crippen MR) is 140 cm³/mol. The number of amides is 1. The summed E-state index contributed by atoms with van der Waals surface area (Å²) in [6.07, 6.45) is 1.39. The van der Waals surface area contributed by atoms with Crippen molar-refractivity contribution in [2.45, 2.75) is 17.9 Å². The average Bonchev–Trinajstić information content (AvgIpc) is 2.89. The number of nitro benzene ring substituents is 1. The maximum Gasteiger partial charge on any atom is 0.269 e. The van der Waals surface area contributed by atoms with Crippen molar-refractivity contribution in [3.8, 4) is 16.9 Å². The Kier molecular flexibility index (Phi) is 7.21. The first kappa shape index (κ1) is 26.0. The standard InChI is InChI=1S/C25H22N6O6S/c1-15(16-2-4-17(5-3-16)18-6-11-22(32)21(14-18)24(26)33)28-25-27-13-12-23(29-25)30-38(36,37)20-9-7-19(8-10-20)31(34)35/h2-15,32H,1H3,(H2,26,33)(H2,27,28,29,30)/t15-/m0/s1. The minimum atomic E-state index is -4.03. The molecule has 0 unspecified atom stereocenters. The minimum absolute atomic E-state index is 0.0148. The largest absolute Gasteiger partial charge is 0.507 e. The van der Waals surface area contributed by atoms with Gasteiger partial charge in [-0.25, -0.2) is 13.4 Å². The number of aromatic nitrogens is 2. The van der Waals surface area contributed by atoms with E-state index in [9.17, 15) is 28.4 Å². The minimum Gasteiger partial charge on any atom is -0.507 e. The number of non-ortho nitro benzene ring substituents is 1. The van der Waals surface area contributed by atoms with Gasteiger partial charge in [0.2, 0.25) is 5.95 Å². The van der Waals surface area contributed by atoms with Crippen LogP contribution in [0.15, 0.2) is 83.9 Å². The maximum absolute atomic E-state index is 12.7.